The van der Waals surface area contributed by atoms with Crippen LogP contribution < -0.4 is 0 Å². The Labute approximate surface area is 538 Å². The molecule has 0 aromatic heterocycles. The predicted molar refractivity (Wildman–Crippen MR) is 373 cm³/mol. The summed E-state index contributed by atoms with van der Waals surface area (Å²) in [5, 5.41) is 9.75. The number of carbonyl (C=O) groups is 3. The number of hydrogen-bond acceptors (Lipinski definition) is 7. The Morgan fingerprint density at radius 1 is 0.356 bits per heavy atom. The molecule has 0 radical (unpaired) electrons. The third kappa shape index (κ3) is 70.1. The Bertz CT molecular complexity index is 1660. The fourth-order valence-electron chi connectivity index (χ4n) is 10.8. The van der Waals surface area contributed by atoms with Gasteiger partial charge in [-0.05, 0) is 64.2 Å². The summed E-state index contributed by atoms with van der Waals surface area (Å²) in [7, 11) is 5.99. The maximum absolute atomic E-state index is 13.0. The predicted octanol–water partition coefficient (Wildman–Crippen LogP) is 23.3. The van der Waals surface area contributed by atoms with Crippen LogP contribution in [-0.2, 0) is 33.3 Å². The molecule has 1 N–H and O–H groups in total. The van der Waals surface area contributed by atoms with Crippen LogP contribution in [0.5, 0.6) is 0 Å². The summed E-state index contributed by atoms with van der Waals surface area (Å²) in [5.41, 5.74) is 0. The lowest BCUT2D eigenvalue weighted by Crippen LogP contribution is -2.40. The highest BCUT2D eigenvalue weighted by Crippen LogP contribution is 2.19. The van der Waals surface area contributed by atoms with E-state index in [1.54, 1.807) is 0 Å². The van der Waals surface area contributed by atoms with Gasteiger partial charge in [0, 0.05) is 12.8 Å². The van der Waals surface area contributed by atoms with Crippen LogP contribution in [0.15, 0.2) is 72.9 Å². The highest BCUT2D eigenvalue weighted by Gasteiger charge is 2.25. The Balaban J connectivity index is 4.01. The second-order valence-electron chi connectivity index (χ2n) is 26.2. The number of allylic oxidation sites excluding steroid dienone is 12. The molecular formula is C78H142NO8+. The highest BCUT2D eigenvalue weighted by atomic mass is 16.7. The molecule has 0 saturated heterocycles. The highest BCUT2D eigenvalue weighted by molar-refractivity contribution is 5.71. The molecule has 0 bridgehead atoms. The van der Waals surface area contributed by atoms with Crippen LogP contribution in [0.25, 0.3) is 0 Å². The van der Waals surface area contributed by atoms with Crippen molar-refractivity contribution in [2.75, 3.05) is 47.5 Å². The van der Waals surface area contributed by atoms with Crippen LogP contribution in [0.2, 0.25) is 0 Å². The fourth-order valence-corrected chi connectivity index (χ4v) is 10.8. The minimum atomic E-state index is -1.51. The lowest BCUT2D eigenvalue weighted by molar-refractivity contribution is -0.870. The minimum Gasteiger partial charge on any atom is -0.477 e. The Hall–Kier alpha value is -3.27. The molecule has 9 heteroatoms. The van der Waals surface area contributed by atoms with Gasteiger partial charge >= 0.3 is 17.9 Å². The zero-order chi connectivity index (χ0) is 63.3. The molecule has 0 heterocycles. The molecule has 9 nitrogen and oxygen atoms in total. The molecule has 0 fully saturated rings. The molecule has 87 heavy (non-hydrogen) atoms. The first-order chi connectivity index (χ1) is 42.6. The SMILES string of the molecule is CC/C=C\C/C=C\C/C=C\C/C=C\C/C=C\C/C=C\CCCCCCCCCCCCCCCCCCCCCCC(=O)OC(COC(=O)CCCCCCCCCCCCCCCCCCCCCCCCC)COC(OCC[N+](C)(C)C)C(=O)O. The van der Waals surface area contributed by atoms with E-state index in [1.165, 1.54) is 244 Å². The van der Waals surface area contributed by atoms with Gasteiger partial charge in [0.2, 0.25) is 0 Å². The van der Waals surface area contributed by atoms with E-state index in [-0.39, 0.29) is 38.2 Å². The molecule has 0 aliphatic rings. The third-order valence-electron chi connectivity index (χ3n) is 16.5. The lowest BCUT2D eigenvalue weighted by atomic mass is 10.0. The van der Waals surface area contributed by atoms with Gasteiger partial charge in [-0.15, -0.1) is 0 Å². The van der Waals surface area contributed by atoms with Crippen LogP contribution >= 0.6 is 0 Å². The number of carboxylic acids is 1. The van der Waals surface area contributed by atoms with Crippen LogP contribution in [0, 0.1) is 0 Å². The van der Waals surface area contributed by atoms with Crippen LogP contribution in [-0.4, -0.2) is 87.4 Å². The summed E-state index contributed by atoms with van der Waals surface area (Å²) in [6.45, 7) is 4.82. The van der Waals surface area contributed by atoms with E-state index < -0.39 is 18.4 Å². The van der Waals surface area contributed by atoms with E-state index in [9.17, 15) is 19.5 Å². The number of hydrogen-bond donors (Lipinski definition) is 1. The number of carbonyl (C=O) groups excluding carboxylic acids is 2. The van der Waals surface area contributed by atoms with Gasteiger partial charge in [-0.25, -0.2) is 4.79 Å². The number of nitrogens with zero attached hydrogens (tertiary/aromatic N) is 1. The van der Waals surface area contributed by atoms with Crippen LogP contribution in [0.4, 0.5) is 0 Å². The molecule has 506 valence electrons. The maximum Gasteiger partial charge on any atom is 0.361 e. The van der Waals surface area contributed by atoms with Crippen LogP contribution in [0.3, 0.4) is 0 Å². The molecule has 0 aromatic carbocycles. The molecule has 0 aromatic rings. The quantitative estimate of drug-likeness (QED) is 0.0211. The van der Waals surface area contributed by atoms with E-state index >= 15 is 0 Å². The van der Waals surface area contributed by atoms with Gasteiger partial charge in [-0.1, -0.05) is 344 Å². The van der Waals surface area contributed by atoms with Crippen molar-refractivity contribution in [3.63, 3.8) is 0 Å². The van der Waals surface area contributed by atoms with Crippen molar-refractivity contribution in [3.8, 4) is 0 Å². The van der Waals surface area contributed by atoms with Gasteiger partial charge in [0.1, 0.15) is 13.2 Å². The first kappa shape index (κ1) is 83.7. The summed E-state index contributed by atoms with van der Waals surface area (Å²) >= 11 is 0. The number of esters is 2. The zero-order valence-corrected chi connectivity index (χ0v) is 57.9. The first-order valence-corrected chi connectivity index (χ1v) is 37.1. The van der Waals surface area contributed by atoms with Crippen molar-refractivity contribution in [1.82, 2.24) is 0 Å². The Morgan fingerprint density at radius 2 is 0.655 bits per heavy atom. The minimum absolute atomic E-state index is 0.177. The maximum atomic E-state index is 13.0. The summed E-state index contributed by atoms with van der Waals surface area (Å²) in [4.78, 5) is 37.6. The molecule has 0 saturated carbocycles. The second kappa shape index (κ2) is 68.6. The average molecular weight is 1220 g/mol. The summed E-state index contributed by atoms with van der Waals surface area (Å²) in [5.74, 6) is -1.98. The molecule has 0 aliphatic carbocycles. The van der Waals surface area contributed by atoms with E-state index in [0.29, 0.717) is 17.4 Å². The number of rotatable bonds is 69. The van der Waals surface area contributed by atoms with E-state index in [0.717, 1.165) is 77.0 Å². The van der Waals surface area contributed by atoms with E-state index in [2.05, 4.69) is 86.8 Å². The van der Waals surface area contributed by atoms with Crippen molar-refractivity contribution in [2.45, 2.75) is 360 Å². The molecule has 2 unspecified atom stereocenters. The average Bonchev–Trinajstić information content (AvgIpc) is 3.55. The molecule has 0 aliphatic heterocycles. The Kier molecular flexibility index (Phi) is 66.1. The normalized spacial score (nSPS) is 13.1. The van der Waals surface area contributed by atoms with Gasteiger partial charge in [0.15, 0.2) is 6.10 Å². The molecule has 0 rings (SSSR count). The van der Waals surface area contributed by atoms with Gasteiger partial charge in [-0.3, -0.25) is 9.59 Å². The topological polar surface area (TPSA) is 108 Å². The third-order valence-corrected chi connectivity index (χ3v) is 16.5. The van der Waals surface area contributed by atoms with Gasteiger partial charge in [0.05, 0.1) is 34.4 Å². The van der Waals surface area contributed by atoms with Gasteiger partial charge in [0.25, 0.3) is 6.29 Å². The Morgan fingerprint density at radius 3 is 0.977 bits per heavy atom. The summed E-state index contributed by atoms with van der Waals surface area (Å²) in [6, 6.07) is 0. The number of aliphatic carboxylic acids is 1. The van der Waals surface area contributed by atoms with Gasteiger partial charge < -0.3 is 28.5 Å². The molecule has 2 atom stereocenters. The molecular weight excluding hydrogens is 1080 g/mol. The largest absolute Gasteiger partial charge is 0.477 e. The van der Waals surface area contributed by atoms with Crippen LogP contribution in [0.1, 0.15) is 348 Å². The summed E-state index contributed by atoms with van der Waals surface area (Å²) in [6.07, 6.45) is 88.9. The summed E-state index contributed by atoms with van der Waals surface area (Å²) < 4.78 is 23.0. The van der Waals surface area contributed by atoms with Crippen molar-refractivity contribution < 1.29 is 42.9 Å². The monoisotopic (exact) mass is 1220 g/mol. The van der Waals surface area contributed by atoms with Crippen molar-refractivity contribution in [2.24, 2.45) is 0 Å². The van der Waals surface area contributed by atoms with Crippen molar-refractivity contribution >= 4 is 17.9 Å². The molecule has 0 amide bonds. The lowest BCUT2D eigenvalue weighted by Gasteiger charge is -2.25. The fraction of sp³-hybridized carbons (Fsp3) is 0.808. The standard InChI is InChI=1S/C78H141NO8/c1-6-8-10-12-14-16-18-20-22-24-26-28-30-31-32-33-34-35-36-37-38-39-40-41-42-43-44-45-47-49-51-53-55-57-59-61-63-65-67-69-76(81)87-74(73-86-78(77(82)83)84-71-70-79(3,4)5)72-85-75(80)68-66-64-62-60-58-56-54-52-50-48-46-29-27-25-23-21-19-17-15-13-11-9-7-2/h8,10,14,16,20,22,26,28,31-32,34-35,74,78H,6-7,9,11-13,15,17-19,21,23-25,27,29-30,33,36-73H2,1-5H3/p+1/b10-8-,16-14-,22-20-,28-26-,32-31-,35-34-. The van der Waals surface area contributed by atoms with E-state index in [4.69, 9.17) is 18.9 Å². The zero-order valence-electron chi connectivity index (χ0n) is 57.9. The number of unbranched alkanes of at least 4 members (excludes halogenated alkanes) is 42. The van der Waals surface area contributed by atoms with E-state index in [1.807, 2.05) is 21.1 Å². The number of quaternary nitrogens is 1. The van der Waals surface area contributed by atoms with Crippen molar-refractivity contribution in [3.05, 3.63) is 72.9 Å². The smallest absolute Gasteiger partial charge is 0.361 e. The number of likely N-dealkylation sites (N-methyl/N-ethyl adjacent to an activating group) is 1. The molecule has 0 spiro atoms. The van der Waals surface area contributed by atoms with Crippen molar-refractivity contribution in [1.29, 1.82) is 0 Å². The second-order valence-corrected chi connectivity index (χ2v) is 26.2. The first-order valence-electron chi connectivity index (χ1n) is 37.1. The number of ether oxygens (including phenoxy) is 4. The van der Waals surface area contributed by atoms with Gasteiger partial charge in [-0.2, -0.15) is 0 Å². The number of carboxylic acid groups (broad SMARTS) is 1.